The van der Waals surface area contributed by atoms with Crippen molar-refractivity contribution in [2.45, 2.75) is 10.9 Å². The Hall–Kier alpha value is -1.44. The molecule has 0 bridgehead atoms. The van der Waals surface area contributed by atoms with Gasteiger partial charge in [-0.3, -0.25) is 0 Å². The molecule has 0 aromatic heterocycles. The fourth-order valence-corrected chi connectivity index (χ4v) is 3.32. The van der Waals surface area contributed by atoms with Gasteiger partial charge in [0, 0.05) is 32.3 Å². The number of sulfonamides is 1. The average molecular weight is 283 g/mol. The number of ether oxygens (including phenoxy) is 1. The lowest BCUT2D eigenvalue weighted by Crippen LogP contribution is -2.41. The Bertz CT molecular complexity index is 598. The van der Waals surface area contributed by atoms with Crippen molar-refractivity contribution in [3.05, 3.63) is 29.8 Å². The second-order valence-electron chi connectivity index (χ2n) is 4.48. The zero-order valence-corrected chi connectivity index (χ0v) is 11.7. The molecule has 1 atom stereocenters. The van der Waals surface area contributed by atoms with Crippen molar-refractivity contribution in [1.82, 2.24) is 4.90 Å². The summed E-state index contributed by atoms with van der Waals surface area (Å²) in [5.41, 5.74) is 6.49. The lowest BCUT2D eigenvalue weighted by molar-refractivity contribution is 0.172. The van der Waals surface area contributed by atoms with Gasteiger partial charge in [0.15, 0.2) is 5.84 Å². The zero-order chi connectivity index (χ0) is 14.0. The van der Waals surface area contributed by atoms with E-state index in [2.05, 4.69) is 4.40 Å². The third kappa shape index (κ3) is 2.78. The number of methoxy groups -OCH3 is 1. The first kappa shape index (κ1) is 14.0. The summed E-state index contributed by atoms with van der Waals surface area (Å²) in [6, 6.07) is 6.58. The Morgan fingerprint density at radius 1 is 1.42 bits per heavy atom. The molecule has 0 saturated heterocycles. The normalized spacial score (nSPS) is 17.7. The van der Waals surface area contributed by atoms with Crippen LogP contribution in [0.4, 0.5) is 0 Å². The first-order chi connectivity index (χ1) is 8.95. The van der Waals surface area contributed by atoms with Crippen LogP contribution in [0.25, 0.3) is 0 Å². The van der Waals surface area contributed by atoms with Gasteiger partial charge >= 0.3 is 0 Å². The van der Waals surface area contributed by atoms with Gasteiger partial charge in [0.2, 0.25) is 0 Å². The Balaban J connectivity index is 2.27. The van der Waals surface area contributed by atoms with Crippen LogP contribution in [0.5, 0.6) is 0 Å². The van der Waals surface area contributed by atoms with Gasteiger partial charge in [-0.15, -0.1) is 4.40 Å². The minimum atomic E-state index is -3.57. The third-order valence-electron chi connectivity index (χ3n) is 2.86. The maximum atomic E-state index is 11.9. The molecule has 1 unspecified atom stereocenters. The maximum absolute atomic E-state index is 11.9. The van der Waals surface area contributed by atoms with E-state index in [4.69, 9.17) is 10.5 Å². The highest BCUT2D eigenvalue weighted by Gasteiger charge is 2.30. The highest BCUT2D eigenvalue weighted by Crippen LogP contribution is 2.26. The number of likely N-dealkylation sites (N-methyl/N-ethyl adjacent to an activating group) is 1. The summed E-state index contributed by atoms with van der Waals surface area (Å²) < 4.78 is 32.6. The Morgan fingerprint density at radius 2 is 2.11 bits per heavy atom. The molecule has 0 spiro atoms. The smallest absolute Gasteiger partial charge is 0.285 e. The Kier molecular flexibility index (Phi) is 3.88. The number of hydrogen-bond donors (Lipinski definition) is 1. The first-order valence-electron chi connectivity index (χ1n) is 5.85. The molecule has 6 nitrogen and oxygen atoms in total. The number of hydrogen-bond acceptors (Lipinski definition) is 5. The highest BCUT2D eigenvalue weighted by atomic mass is 32.2. The van der Waals surface area contributed by atoms with Crippen LogP contribution in [-0.2, 0) is 14.8 Å². The molecule has 19 heavy (non-hydrogen) atoms. The lowest BCUT2D eigenvalue weighted by atomic mass is 10.2. The van der Waals surface area contributed by atoms with Crippen LogP contribution in [0.1, 0.15) is 5.56 Å². The van der Waals surface area contributed by atoms with Crippen molar-refractivity contribution in [3.8, 4) is 0 Å². The van der Waals surface area contributed by atoms with Crippen molar-refractivity contribution in [2.24, 2.45) is 10.1 Å². The molecule has 0 amide bonds. The maximum Gasteiger partial charge on any atom is 0.285 e. The summed E-state index contributed by atoms with van der Waals surface area (Å²) in [5, 5.41) is 0. The van der Waals surface area contributed by atoms with Crippen LogP contribution in [0.15, 0.2) is 33.6 Å². The molecule has 0 saturated carbocycles. The number of amidine groups is 1. The fraction of sp³-hybridized carbons (Fsp3) is 0.417. The van der Waals surface area contributed by atoms with E-state index in [1.165, 1.54) is 0 Å². The number of benzene rings is 1. The minimum absolute atomic E-state index is 0.201. The third-order valence-corrected chi connectivity index (χ3v) is 4.19. The van der Waals surface area contributed by atoms with Crippen molar-refractivity contribution in [2.75, 3.05) is 27.3 Å². The summed E-state index contributed by atoms with van der Waals surface area (Å²) in [7, 11) is -0.228. The molecule has 1 aromatic rings. The van der Waals surface area contributed by atoms with E-state index in [9.17, 15) is 8.42 Å². The van der Waals surface area contributed by atoms with Gasteiger partial charge in [0.25, 0.3) is 10.0 Å². The van der Waals surface area contributed by atoms with Gasteiger partial charge in [-0.1, -0.05) is 12.1 Å². The standard InChI is InChI=1S/C12H17N3O3S/c1-15(7-9(13)8-18-2)12-10-5-3-4-6-11(10)19(16,17)14-12/h3-6,9H,7-8,13H2,1-2H3. The molecule has 1 heterocycles. The highest BCUT2D eigenvalue weighted by molar-refractivity contribution is 7.90. The van der Waals surface area contributed by atoms with E-state index in [0.29, 0.717) is 24.6 Å². The summed E-state index contributed by atoms with van der Waals surface area (Å²) in [4.78, 5) is 1.99. The zero-order valence-electron chi connectivity index (χ0n) is 10.9. The molecular weight excluding hydrogens is 266 g/mol. The monoisotopic (exact) mass is 283 g/mol. The molecule has 104 valence electrons. The van der Waals surface area contributed by atoms with Crippen LogP contribution in [0.3, 0.4) is 0 Å². The van der Waals surface area contributed by atoms with Crippen molar-refractivity contribution in [1.29, 1.82) is 0 Å². The quantitative estimate of drug-likeness (QED) is 0.843. The molecule has 7 heteroatoms. The molecule has 2 N–H and O–H groups in total. The molecule has 0 fully saturated rings. The van der Waals surface area contributed by atoms with Crippen molar-refractivity contribution >= 4 is 15.9 Å². The van der Waals surface area contributed by atoms with E-state index in [1.807, 2.05) is 0 Å². The lowest BCUT2D eigenvalue weighted by Gasteiger charge is -2.22. The molecule has 0 aliphatic carbocycles. The van der Waals surface area contributed by atoms with E-state index in [0.717, 1.165) is 0 Å². The van der Waals surface area contributed by atoms with Gasteiger partial charge in [-0.05, 0) is 12.1 Å². The molecule has 1 aliphatic heterocycles. The Labute approximate surface area is 112 Å². The van der Waals surface area contributed by atoms with Crippen LogP contribution < -0.4 is 5.73 Å². The van der Waals surface area contributed by atoms with E-state index in [1.54, 1.807) is 43.3 Å². The minimum Gasteiger partial charge on any atom is -0.383 e. The predicted octanol–water partition coefficient (Wildman–Crippen LogP) is 0.0410. The second kappa shape index (κ2) is 5.28. The van der Waals surface area contributed by atoms with Gasteiger partial charge in [-0.2, -0.15) is 8.42 Å². The molecule has 1 aliphatic rings. The number of nitrogens with two attached hydrogens (primary N) is 1. The molecular formula is C12H17N3O3S. The molecule has 0 radical (unpaired) electrons. The molecule has 1 aromatic carbocycles. The fourth-order valence-electron chi connectivity index (χ4n) is 2.07. The van der Waals surface area contributed by atoms with Crippen LogP contribution in [-0.4, -0.2) is 52.5 Å². The van der Waals surface area contributed by atoms with Crippen LogP contribution in [0.2, 0.25) is 0 Å². The number of nitrogens with zero attached hydrogens (tertiary/aromatic N) is 2. The van der Waals surface area contributed by atoms with E-state index >= 15 is 0 Å². The summed E-state index contributed by atoms with van der Waals surface area (Å²) in [5.74, 6) is 0.433. The average Bonchev–Trinajstić information content (AvgIpc) is 2.63. The number of rotatable bonds is 4. The summed E-state index contributed by atoms with van der Waals surface area (Å²) in [6.07, 6.45) is 0. The SMILES string of the molecule is COCC(N)CN(C)C1=NS(=O)(=O)c2ccccc21. The van der Waals surface area contributed by atoms with E-state index < -0.39 is 10.0 Å². The largest absolute Gasteiger partial charge is 0.383 e. The molecule has 2 rings (SSSR count). The van der Waals surface area contributed by atoms with Gasteiger partial charge in [0.1, 0.15) is 4.90 Å². The van der Waals surface area contributed by atoms with Crippen molar-refractivity contribution in [3.63, 3.8) is 0 Å². The van der Waals surface area contributed by atoms with Gasteiger partial charge < -0.3 is 15.4 Å². The van der Waals surface area contributed by atoms with Crippen LogP contribution in [0, 0.1) is 0 Å². The number of fused-ring (bicyclic) bond motifs is 1. The summed E-state index contributed by atoms with van der Waals surface area (Å²) >= 11 is 0. The Morgan fingerprint density at radius 3 is 2.79 bits per heavy atom. The second-order valence-corrected chi connectivity index (χ2v) is 6.05. The predicted molar refractivity (Wildman–Crippen MR) is 72.6 cm³/mol. The topological polar surface area (TPSA) is 85.0 Å². The van der Waals surface area contributed by atoms with Gasteiger partial charge in [-0.25, -0.2) is 0 Å². The summed E-state index contributed by atoms with van der Waals surface area (Å²) in [6.45, 7) is 0.878. The first-order valence-corrected chi connectivity index (χ1v) is 7.29. The van der Waals surface area contributed by atoms with Gasteiger partial charge in [0.05, 0.1) is 6.61 Å². The van der Waals surface area contributed by atoms with E-state index in [-0.39, 0.29) is 10.9 Å². The van der Waals surface area contributed by atoms with Crippen molar-refractivity contribution < 1.29 is 13.2 Å². The van der Waals surface area contributed by atoms with Crippen LogP contribution >= 0.6 is 0 Å².